The lowest BCUT2D eigenvalue weighted by Gasteiger charge is -2.24. The maximum absolute atomic E-state index is 13.5. The molecular formula is C12H12BrFN2O. The molecule has 3 nitrogen and oxygen atoms in total. The zero-order chi connectivity index (χ0) is 11.8. The Kier molecular flexibility index (Phi) is 2.88. The van der Waals surface area contributed by atoms with Gasteiger partial charge in [0.15, 0.2) is 0 Å². The first-order valence-electron chi connectivity index (χ1n) is 5.69. The molecule has 0 radical (unpaired) electrons. The molecule has 1 aliphatic rings. The molecular weight excluding hydrogens is 287 g/mol. The molecule has 0 saturated carbocycles. The van der Waals surface area contributed by atoms with Gasteiger partial charge in [0.25, 0.3) is 0 Å². The third-order valence-corrected chi connectivity index (χ3v) is 3.69. The molecule has 0 aliphatic carbocycles. The predicted octanol–water partition coefficient (Wildman–Crippen LogP) is 3.64. The maximum Gasteiger partial charge on any atom is 0.139 e. The van der Waals surface area contributed by atoms with Crippen molar-refractivity contribution in [3.8, 4) is 0 Å². The van der Waals surface area contributed by atoms with Crippen LogP contribution in [0.25, 0.3) is 11.0 Å². The summed E-state index contributed by atoms with van der Waals surface area (Å²) in [7, 11) is 0. The highest BCUT2D eigenvalue weighted by Crippen LogP contribution is 2.28. The Morgan fingerprint density at radius 1 is 1.41 bits per heavy atom. The summed E-state index contributed by atoms with van der Waals surface area (Å²) in [4.78, 5) is 4.28. The van der Waals surface area contributed by atoms with Crippen LogP contribution in [0.4, 0.5) is 4.39 Å². The second-order valence-electron chi connectivity index (χ2n) is 4.23. The van der Waals surface area contributed by atoms with Gasteiger partial charge >= 0.3 is 0 Å². The Labute approximate surface area is 107 Å². The first-order chi connectivity index (χ1) is 8.25. The summed E-state index contributed by atoms with van der Waals surface area (Å²) in [5.74, 6) is -0.268. The van der Waals surface area contributed by atoms with Gasteiger partial charge in [-0.15, -0.1) is 0 Å². The van der Waals surface area contributed by atoms with Gasteiger partial charge in [0.1, 0.15) is 12.0 Å². The fraction of sp³-hybridized carbons (Fsp3) is 0.417. The molecule has 1 aromatic carbocycles. The minimum absolute atomic E-state index is 0.00525. The largest absolute Gasteiger partial charge is 0.358 e. The highest BCUT2D eigenvalue weighted by Gasteiger charge is 2.18. The molecule has 1 fully saturated rings. The molecule has 1 unspecified atom stereocenters. The van der Waals surface area contributed by atoms with E-state index in [4.69, 9.17) is 4.74 Å². The zero-order valence-corrected chi connectivity index (χ0v) is 10.8. The van der Waals surface area contributed by atoms with Gasteiger partial charge in [-0.2, -0.15) is 0 Å². The molecule has 0 N–H and O–H groups in total. The Bertz CT molecular complexity index is 549. The Morgan fingerprint density at radius 3 is 3.06 bits per heavy atom. The number of aromatic nitrogens is 2. The molecule has 0 bridgehead atoms. The van der Waals surface area contributed by atoms with Crippen LogP contribution in [0.1, 0.15) is 25.5 Å². The van der Waals surface area contributed by atoms with E-state index < -0.39 is 0 Å². The smallest absolute Gasteiger partial charge is 0.139 e. The van der Waals surface area contributed by atoms with E-state index in [0.29, 0.717) is 4.47 Å². The van der Waals surface area contributed by atoms with Gasteiger partial charge in [0.05, 0.1) is 21.8 Å². The molecule has 17 heavy (non-hydrogen) atoms. The number of ether oxygens (including phenoxy) is 1. The number of hydrogen-bond donors (Lipinski definition) is 0. The fourth-order valence-corrected chi connectivity index (χ4v) is 2.53. The van der Waals surface area contributed by atoms with E-state index in [2.05, 4.69) is 20.9 Å². The number of nitrogens with zero attached hydrogens (tertiary/aromatic N) is 2. The standard InChI is InChI=1S/C12H12BrFN2O/c13-8-5-10-11(6-9(8)14)16(7-15-10)12-3-1-2-4-17-12/h5-7,12H,1-4H2. The quantitative estimate of drug-likeness (QED) is 0.804. The van der Waals surface area contributed by atoms with E-state index in [9.17, 15) is 4.39 Å². The van der Waals surface area contributed by atoms with Crippen LogP contribution in [-0.2, 0) is 4.74 Å². The highest BCUT2D eigenvalue weighted by molar-refractivity contribution is 9.10. The topological polar surface area (TPSA) is 27.1 Å². The van der Waals surface area contributed by atoms with Crippen molar-refractivity contribution >= 4 is 27.0 Å². The van der Waals surface area contributed by atoms with Crippen molar-refractivity contribution in [2.45, 2.75) is 25.5 Å². The number of benzene rings is 1. The first-order valence-corrected chi connectivity index (χ1v) is 6.48. The van der Waals surface area contributed by atoms with Crippen molar-refractivity contribution in [2.24, 2.45) is 0 Å². The molecule has 2 heterocycles. The van der Waals surface area contributed by atoms with Gasteiger partial charge < -0.3 is 9.30 Å². The number of hydrogen-bond acceptors (Lipinski definition) is 2. The second kappa shape index (κ2) is 4.38. The van der Waals surface area contributed by atoms with E-state index in [0.717, 1.165) is 36.9 Å². The van der Waals surface area contributed by atoms with Gasteiger partial charge in [-0.1, -0.05) is 0 Å². The molecule has 90 valence electrons. The van der Waals surface area contributed by atoms with Crippen molar-refractivity contribution in [3.63, 3.8) is 0 Å². The van der Waals surface area contributed by atoms with E-state index in [1.807, 2.05) is 4.57 Å². The van der Waals surface area contributed by atoms with Crippen molar-refractivity contribution < 1.29 is 9.13 Å². The van der Waals surface area contributed by atoms with Gasteiger partial charge in [0, 0.05) is 12.7 Å². The van der Waals surface area contributed by atoms with Gasteiger partial charge in [-0.05, 0) is 41.3 Å². The van der Waals surface area contributed by atoms with Crippen molar-refractivity contribution in [1.29, 1.82) is 0 Å². The average Bonchev–Trinajstić information content (AvgIpc) is 2.74. The van der Waals surface area contributed by atoms with Crippen LogP contribution in [0.3, 0.4) is 0 Å². The second-order valence-corrected chi connectivity index (χ2v) is 5.08. The van der Waals surface area contributed by atoms with Crippen LogP contribution >= 0.6 is 15.9 Å². The summed E-state index contributed by atoms with van der Waals surface area (Å²) in [6.07, 6.45) is 4.93. The summed E-state index contributed by atoms with van der Waals surface area (Å²) in [5, 5.41) is 0. The lowest BCUT2D eigenvalue weighted by atomic mass is 10.2. The summed E-state index contributed by atoms with van der Waals surface area (Å²) >= 11 is 3.17. The van der Waals surface area contributed by atoms with E-state index in [1.165, 1.54) is 6.07 Å². The van der Waals surface area contributed by atoms with Crippen LogP contribution < -0.4 is 0 Å². The minimum Gasteiger partial charge on any atom is -0.358 e. The SMILES string of the molecule is Fc1cc2c(cc1Br)ncn2C1CCCCO1. The molecule has 1 saturated heterocycles. The summed E-state index contributed by atoms with van der Waals surface area (Å²) < 4.78 is 21.6. The fourth-order valence-electron chi connectivity index (χ4n) is 2.20. The molecule has 1 atom stereocenters. The molecule has 0 amide bonds. The summed E-state index contributed by atoms with van der Waals surface area (Å²) in [5.41, 5.74) is 1.57. The van der Waals surface area contributed by atoms with Gasteiger partial charge in [-0.3, -0.25) is 0 Å². The molecule has 2 aromatic rings. The van der Waals surface area contributed by atoms with Crippen LogP contribution in [-0.4, -0.2) is 16.2 Å². The normalized spacial score (nSPS) is 20.9. The lowest BCUT2D eigenvalue weighted by Crippen LogP contribution is -2.17. The maximum atomic E-state index is 13.5. The zero-order valence-electron chi connectivity index (χ0n) is 9.20. The Morgan fingerprint density at radius 2 is 2.29 bits per heavy atom. The number of rotatable bonds is 1. The monoisotopic (exact) mass is 298 g/mol. The van der Waals surface area contributed by atoms with Crippen LogP contribution in [0.2, 0.25) is 0 Å². The Balaban J connectivity index is 2.07. The highest BCUT2D eigenvalue weighted by atomic mass is 79.9. The van der Waals surface area contributed by atoms with Crippen LogP contribution in [0.15, 0.2) is 22.9 Å². The van der Waals surface area contributed by atoms with E-state index in [-0.39, 0.29) is 12.0 Å². The van der Waals surface area contributed by atoms with Crippen LogP contribution in [0, 0.1) is 5.82 Å². The minimum atomic E-state index is -0.268. The van der Waals surface area contributed by atoms with E-state index in [1.54, 1.807) is 12.4 Å². The third kappa shape index (κ3) is 1.98. The van der Waals surface area contributed by atoms with E-state index >= 15 is 0 Å². The number of fused-ring (bicyclic) bond motifs is 1. The number of halogens is 2. The third-order valence-electron chi connectivity index (χ3n) is 3.08. The van der Waals surface area contributed by atoms with Crippen molar-refractivity contribution in [3.05, 3.63) is 28.7 Å². The van der Waals surface area contributed by atoms with Gasteiger partial charge in [-0.25, -0.2) is 9.37 Å². The Hall–Kier alpha value is -0.940. The predicted molar refractivity (Wildman–Crippen MR) is 66.2 cm³/mol. The lowest BCUT2D eigenvalue weighted by molar-refractivity contribution is -0.0295. The van der Waals surface area contributed by atoms with Gasteiger partial charge in [0.2, 0.25) is 0 Å². The number of imidazole rings is 1. The molecule has 5 heteroatoms. The van der Waals surface area contributed by atoms with Crippen molar-refractivity contribution in [2.75, 3.05) is 6.61 Å². The van der Waals surface area contributed by atoms with Crippen molar-refractivity contribution in [1.82, 2.24) is 9.55 Å². The summed E-state index contributed by atoms with van der Waals surface area (Å²) in [6.45, 7) is 0.767. The molecule has 1 aliphatic heterocycles. The summed E-state index contributed by atoms with van der Waals surface area (Å²) in [6, 6.07) is 3.20. The average molecular weight is 299 g/mol. The first kappa shape index (κ1) is 11.2. The van der Waals surface area contributed by atoms with Crippen LogP contribution in [0.5, 0.6) is 0 Å². The molecule has 1 aromatic heterocycles. The molecule has 0 spiro atoms. The molecule has 3 rings (SSSR count).